The van der Waals surface area contributed by atoms with Crippen LogP contribution in [0.2, 0.25) is 0 Å². The van der Waals surface area contributed by atoms with Gasteiger partial charge in [0.25, 0.3) is 0 Å². The van der Waals surface area contributed by atoms with E-state index in [9.17, 15) is 4.79 Å². The van der Waals surface area contributed by atoms with Crippen molar-refractivity contribution in [2.24, 2.45) is 0 Å². The average Bonchev–Trinajstić information content (AvgIpc) is 2.74. The summed E-state index contributed by atoms with van der Waals surface area (Å²) in [6.07, 6.45) is 1.32. The Bertz CT molecular complexity index is 534. The van der Waals surface area contributed by atoms with Crippen LogP contribution in [0.3, 0.4) is 0 Å². The minimum absolute atomic E-state index is 0.0905. The van der Waals surface area contributed by atoms with Gasteiger partial charge in [0.05, 0.1) is 19.3 Å². The van der Waals surface area contributed by atoms with Crippen molar-refractivity contribution in [3.8, 4) is 5.88 Å². The molecular formula is C13H14N2O3. The lowest BCUT2D eigenvalue weighted by atomic mass is 10.2. The van der Waals surface area contributed by atoms with Gasteiger partial charge >= 0.3 is 5.97 Å². The van der Waals surface area contributed by atoms with E-state index < -0.39 is 5.97 Å². The van der Waals surface area contributed by atoms with Crippen molar-refractivity contribution in [1.29, 1.82) is 0 Å². The molecule has 0 aliphatic carbocycles. The van der Waals surface area contributed by atoms with Crippen molar-refractivity contribution >= 4 is 5.97 Å². The maximum atomic E-state index is 11.0. The van der Waals surface area contributed by atoms with Gasteiger partial charge in [0, 0.05) is 0 Å². The van der Waals surface area contributed by atoms with Crippen molar-refractivity contribution in [3.05, 3.63) is 47.7 Å². The van der Waals surface area contributed by atoms with Crippen LogP contribution in [0.5, 0.6) is 5.88 Å². The van der Waals surface area contributed by atoms with E-state index >= 15 is 0 Å². The molecule has 0 saturated heterocycles. The fraction of sp³-hybridized carbons (Fsp3) is 0.231. The topological polar surface area (TPSA) is 64.3 Å². The second kappa shape index (κ2) is 5.35. The molecule has 5 heteroatoms. The van der Waals surface area contributed by atoms with E-state index in [0.717, 1.165) is 5.56 Å². The molecule has 0 aliphatic rings. The zero-order valence-corrected chi connectivity index (χ0v) is 10.0. The van der Waals surface area contributed by atoms with Gasteiger partial charge in [-0.2, -0.15) is 5.10 Å². The Morgan fingerprint density at radius 2 is 2.11 bits per heavy atom. The van der Waals surface area contributed by atoms with Crippen molar-refractivity contribution in [1.82, 2.24) is 9.78 Å². The van der Waals surface area contributed by atoms with Gasteiger partial charge in [-0.05, 0) is 12.5 Å². The zero-order valence-electron chi connectivity index (χ0n) is 10.0. The predicted molar refractivity (Wildman–Crippen MR) is 65.9 cm³/mol. The van der Waals surface area contributed by atoms with E-state index in [-0.39, 0.29) is 5.56 Å². The summed E-state index contributed by atoms with van der Waals surface area (Å²) in [5.41, 5.74) is 1.13. The Kier molecular flexibility index (Phi) is 3.62. The molecule has 0 aliphatic heterocycles. The van der Waals surface area contributed by atoms with Crippen LogP contribution in [0.25, 0.3) is 0 Å². The smallest absolute Gasteiger partial charge is 0.342 e. The van der Waals surface area contributed by atoms with Crippen molar-refractivity contribution in [2.45, 2.75) is 13.5 Å². The number of hydrogen-bond acceptors (Lipinski definition) is 3. The lowest BCUT2D eigenvalue weighted by Gasteiger charge is -2.08. The molecule has 2 aromatic rings. The maximum Gasteiger partial charge on any atom is 0.342 e. The number of nitrogens with zero attached hydrogens (tertiary/aromatic N) is 2. The van der Waals surface area contributed by atoms with Crippen molar-refractivity contribution in [3.63, 3.8) is 0 Å². The first-order valence-electron chi connectivity index (χ1n) is 5.68. The van der Waals surface area contributed by atoms with E-state index in [1.807, 2.05) is 37.3 Å². The first-order valence-corrected chi connectivity index (χ1v) is 5.68. The van der Waals surface area contributed by atoms with Crippen LogP contribution >= 0.6 is 0 Å². The fourth-order valence-electron chi connectivity index (χ4n) is 1.68. The number of carboxylic acids is 1. The molecule has 0 spiro atoms. The Morgan fingerprint density at radius 1 is 1.39 bits per heavy atom. The van der Waals surface area contributed by atoms with Crippen LogP contribution in [-0.2, 0) is 6.54 Å². The van der Waals surface area contributed by atoms with E-state index in [2.05, 4.69) is 5.10 Å². The summed E-state index contributed by atoms with van der Waals surface area (Å²) in [6.45, 7) is 2.70. The molecule has 1 heterocycles. The Balaban J connectivity index is 2.30. The lowest BCUT2D eigenvalue weighted by molar-refractivity contribution is 0.0692. The first-order chi connectivity index (χ1) is 8.72. The molecular weight excluding hydrogens is 232 g/mol. The minimum atomic E-state index is -1.03. The summed E-state index contributed by atoms with van der Waals surface area (Å²) in [7, 11) is 0. The minimum Gasteiger partial charge on any atom is -0.478 e. The molecule has 1 N–H and O–H groups in total. The van der Waals surface area contributed by atoms with Crippen LogP contribution in [0.1, 0.15) is 22.8 Å². The summed E-state index contributed by atoms with van der Waals surface area (Å²) >= 11 is 0. The highest BCUT2D eigenvalue weighted by Gasteiger charge is 2.17. The molecule has 94 valence electrons. The molecule has 0 atom stereocenters. The highest BCUT2D eigenvalue weighted by molar-refractivity contribution is 5.89. The Hall–Kier alpha value is -2.30. The summed E-state index contributed by atoms with van der Waals surface area (Å²) in [5.74, 6) is -0.730. The monoisotopic (exact) mass is 246 g/mol. The number of aromatic nitrogens is 2. The number of carboxylic acid groups (broad SMARTS) is 1. The largest absolute Gasteiger partial charge is 0.478 e. The highest BCUT2D eigenvalue weighted by Crippen LogP contribution is 2.19. The summed E-state index contributed by atoms with van der Waals surface area (Å²) in [4.78, 5) is 11.0. The number of ether oxygens (including phenoxy) is 1. The number of benzene rings is 1. The van der Waals surface area contributed by atoms with Gasteiger partial charge in [-0.1, -0.05) is 30.3 Å². The van der Waals surface area contributed by atoms with Gasteiger partial charge in [-0.3, -0.25) is 0 Å². The molecule has 1 aromatic carbocycles. The molecule has 0 amide bonds. The van der Waals surface area contributed by atoms with Crippen LogP contribution < -0.4 is 4.74 Å². The van der Waals surface area contributed by atoms with E-state index in [1.165, 1.54) is 6.20 Å². The second-order valence-electron chi connectivity index (χ2n) is 3.74. The molecule has 0 bridgehead atoms. The molecule has 0 unspecified atom stereocenters. The van der Waals surface area contributed by atoms with Gasteiger partial charge in [0.15, 0.2) is 0 Å². The van der Waals surface area contributed by atoms with Gasteiger partial charge < -0.3 is 9.84 Å². The fourth-order valence-corrected chi connectivity index (χ4v) is 1.68. The molecule has 5 nitrogen and oxygen atoms in total. The third-order valence-corrected chi connectivity index (χ3v) is 2.48. The SMILES string of the molecule is CCOc1c(C(=O)O)cnn1Cc1ccccc1. The van der Waals surface area contributed by atoms with Crippen LogP contribution in [0, 0.1) is 0 Å². The molecule has 1 aromatic heterocycles. The molecule has 0 fully saturated rings. The lowest BCUT2D eigenvalue weighted by Crippen LogP contribution is -2.08. The number of carbonyl (C=O) groups is 1. The Morgan fingerprint density at radius 3 is 2.72 bits per heavy atom. The average molecular weight is 246 g/mol. The summed E-state index contributed by atoms with van der Waals surface area (Å²) in [6, 6.07) is 9.70. The quantitative estimate of drug-likeness (QED) is 0.876. The molecule has 0 radical (unpaired) electrons. The standard InChI is InChI=1S/C13H14N2O3/c1-2-18-12-11(13(16)17)8-14-15(12)9-10-6-4-3-5-7-10/h3-8H,2,9H2,1H3,(H,16,17). The van der Waals surface area contributed by atoms with Crippen LogP contribution in [0.4, 0.5) is 0 Å². The van der Waals surface area contributed by atoms with Crippen LogP contribution in [0.15, 0.2) is 36.5 Å². The molecule has 0 saturated carbocycles. The van der Waals surface area contributed by atoms with Crippen LogP contribution in [-0.4, -0.2) is 27.5 Å². The number of aromatic carboxylic acids is 1. The number of hydrogen-bond donors (Lipinski definition) is 1. The summed E-state index contributed by atoms with van der Waals surface area (Å²) in [5, 5.41) is 13.1. The zero-order chi connectivity index (χ0) is 13.0. The van der Waals surface area contributed by atoms with Crippen molar-refractivity contribution in [2.75, 3.05) is 6.61 Å². The second-order valence-corrected chi connectivity index (χ2v) is 3.74. The maximum absolute atomic E-state index is 11.0. The third-order valence-electron chi connectivity index (χ3n) is 2.48. The van der Waals surface area contributed by atoms with Gasteiger partial charge in [0.1, 0.15) is 5.56 Å². The Labute approximate surface area is 105 Å². The van der Waals surface area contributed by atoms with E-state index in [0.29, 0.717) is 19.0 Å². The molecule has 18 heavy (non-hydrogen) atoms. The van der Waals surface area contributed by atoms with Gasteiger partial charge in [-0.15, -0.1) is 0 Å². The van der Waals surface area contributed by atoms with Gasteiger partial charge in [-0.25, -0.2) is 9.48 Å². The van der Waals surface area contributed by atoms with E-state index in [4.69, 9.17) is 9.84 Å². The predicted octanol–water partition coefficient (Wildman–Crippen LogP) is 2.03. The molecule has 2 rings (SSSR count). The van der Waals surface area contributed by atoms with E-state index in [1.54, 1.807) is 4.68 Å². The normalized spacial score (nSPS) is 10.3. The first kappa shape index (κ1) is 12.2. The number of rotatable bonds is 5. The van der Waals surface area contributed by atoms with Gasteiger partial charge in [0.2, 0.25) is 5.88 Å². The summed E-state index contributed by atoms with van der Waals surface area (Å²) < 4.78 is 6.92. The third kappa shape index (κ3) is 2.51. The van der Waals surface area contributed by atoms with Crippen molar-refractivity contribution < 1.29 is 14.6 Å². The highest BCUT2D eigenvalue weighted by atomic mass is 16.5.